The van der Waals surface area contributed by atoms with Crippen molar-refractivity contribution in [2.75, 3.05) is 13.2 Å². The van der Waals surface area contributed by atoms with Gasteiger partial charge in [0, 0.05) is 19.3 Å². The normalized spacial score (nSPS) is 12.9. The third kappa shape index (κ3) is 54.9. The number of ether oxygens (including phenoxy) is 3. The predicted molar refractivity (Wildman–Crippen MR) is 297 cm³/mol. The van der Waals surface area contributed by atoms with Crippen LogP contribution in [0, 0.1) is 0 Å². The lowest BCUT2D eigenvalue weighted by molar-refractivity contribution is -0.167. The van der Waals surface area contributed by atoms with Gasteiger partial charge in [0.2, 0.25) is 0 Å². The van der Waals surface area contributed by atoms with Crippen LogP contribution in [0.1, 0.15) is 252 Å². The topological polar surface area (TPSA) is 78.9 Å². The van der Waals surface area contributed by atoms with Gasteiger partial charge in [-0.05, 0) is 122 Å². The molecule has 0 aromatic carbocycles. The maximum atomic E-state index is 12.9. The van der Waals surface area contributed by atoms with Gasteiger partial charge in [-0.25, -0.2) is 0 Å². The molecule has 1 atom stereocenters. The van der Waals surface area contributed by atoms with Gasteiger partial charge in [0.25, 0.3) is 0 Å². The Morgan fingerprint density at radius 3 is 0.913 bits per heavy atom. The molecule has 6 heteroatoms. The van der Waals surface area contributed by atoms with E-state index < -0.39 is 6.10 Å². The molecule has 0 N–H and O–H groups in total. The molecule has 69 heavy (non-hydrogen) atoms. The van der Waals surface area contributed by atoms with Gasteiger partial charge in [0.05, 0.1) is 0 Å². The zero-order chi connectivity index (χ0) is 50.0. The van der Waals surface area contributed by atoms with E-state index in [1.54, 1.807) is 0 Å². The number of carbonyl (C=O) groups is 3. The highest BCUT2D eigenvalue weighted by molar-refractivity contribution is 5.71. The van der Waals surface area contributed by atoms with Gasteiger partial charge in [-0.2, -0.15) is 0 Å². The largest absolute Gasteiger partial charge is 0.462 e. The van der Waals surface area contributed by atoms with Gasteiger partial charge in [-0.3, -0.25) is 14.4 Å². The van der Waals surface area contributed by atoms with Crippen LogP contribution >= 0.6 is 0 Å². The second-order valence-electron chi connectivity index (χ2n) is 18.4. The van der Waals surface area contributed by atoms with Gasteiger partial charge in [-0.15, -0.1) is 0 Å². The Morgan fingerprint density at radius 2 is 0.565 bits per heavy atom. The number of hydrogen-bond acceptors (Lipinski definition) is 6. The SMILES string of the molecule is CC/C=C\C/C=C\C/C=C\C/C=C\C/C=C\CCCCCC(=O)OCC(COC(=O)CCCCCCC/C=C\CCCCCCCC)OC(=O)CCCCCCCCC/C=C\C/C=C\C/C=C\CC. The Labute approximate surface area is 425 Å². The van der Waals surface area contributed by atoms with Crippen LogP contribution in [0.15, 0.2) is 109 Å². The van der Waals surface area contributed by atoms with Crippen LogP contribution in [0.25, 0.3) is 0 Å². The number of carbonyl (C=O) groups excluding carboxylic acids is 3. The first-order valence-electron chi connectivity index (χ1n) is 28.4. The summed E-state index contributed by atoms with van der Waals surface area (Å²) in [6, 6.07) is 0. The quantitative estimate of drug-likeness (QED) is 0.0262. The molecular formula is C63H104O6. The van der Waals surface area contributed by atoms with Crippen molar-refractivity contribution >= 4 is 17.9 Å². The van der Waals surface area contributed by atoms with Gasteiger partial charge in [-0.1, -0.05) is 220 Å². The molecular weight excluding hydrogens is 853 g/mol. The van der Waals surface area contributed by atoms with Crippen molar-refractivity contribution in [1.82, 2.24) is 0 Å². The molecule has 0 spiro atoms. The summed E-state index contributed by atoms with van der Waals surface area (Å²) in [5, 5.41) is 0. The van der Waals surface area contributed by atoms with Crippen molar-refractivity contribution in [1.29, 1.82) is 0 Å². The fourth-order valence-electron chi connectivity index (χ4n) is 7.54. The van der Waals surface area contributed by atoms with E-state index in [0.29, 0.717) is 19.3 Å². The Balaban J connectivity index is 4.49. The summed E-state index contributed by atoms with van der Waals surface area (Å²) in [6.07, 6.45) is 76.4. The number of allylic oxidation sites excluding steroid dienone is 18. The highest BCUT2D eigenvalue weighted by Gasteiger charge is 2.19. The van der Waals surface area contributed by atoms with Crippen molar-refractivity contribution in [3.63, 3.8) is 0 Å². The van der Waals surface area contributed by atoms with Crippen molar-refractivity contribution < 1.29 is 28.6 Å². The highest BCUT2D eigenvalue weighted by Crippen LogP contribution is 2.14. The fraction of sp³-hybridized carbons (Fsp3) is 0.667. The Bertz CT molecular complexity index is 1420. The Morgan fingerprint density at radius 1 is 0.304 bits per heavy atom. The Hall–Kier alpha value is -3.93. The summed E-state index contributed by atoms with van der Waals surface area (Å²) >= 11 is 0. The minimum absolute atomic E-state index is 0.0985. The van der Waals surface area contributed by atoms with E-state index in [-0.39, 0.29) is 31.1 Å². The zero-order valence-corrected chi connectivity index (χ0v) is 44.8. The van der Waals surface area contributed by atoms with Gasteiger partial charge in [0.15, 0.2) is 6.10 Å². The van der Waals surface area contributed by atoms with Crippen LogP contribution in [0.4, 0.5) is 0 Å². The molecule has 0 heterocycles. The number of hydrogen-bond donors (Lipinski definition) is 0. The Kier molecular flexibility index (Phi) is 53.4. The van der Waals surface area contributed by atoms with E-state index in [1.807, 2.05) is 0 Å². The molecule has 392 valence electrons. The van der Waals surface area contributed by atoms with Crippen LogP contribution in [-0.2, 0) is 28.6 Å². The average Bonchev–Trinajstić information content (AvgIpc) is 3.35. The third-order valence-corrected chi connectivity index (χ3v) is 11.7. The van der Waals surface area contributed by atoms with Crippen molar-refractivity contribution in [2.24, 2.45) is 0 Å². The van der Waals surface area contributed by atoms with Crippen LogP contribution in [0.2, 0.25) is 0 Å². The molecule has 0 aromatic heterocycles. The second-order valence-corrected chi connectivity index (χ2v) is 18.4. The van der Waals surface area contributed by atoms with Crippen LogP contribution in [0.3, 0.4) is 0 Å². The minimum Gasteiger partial charge on any atom is -0.462 e. The maximum Gasteiger partial charge on any atom is 0.306 e. The fourth-order valence-corrected chi connectivity index (χ4v) is 7.54. The molecule has 0 aliphatic rings. The van der Waals surface area contributed by atoms with Crippen LogP contribution in [-0.4, -0.2) is 37.2 Å². The van der Waals surface area contributed by atoms with Gasteiger partial charge in [0.1, 0.15) is 13.2 Å². The zero-order valence-electron chi connectivity index (χ0n) is 44.8. The summed E-state index contributed by atoms with van der Waals surface area (Å²) < 4.78 is 16.8. The smallest absolute Gasteiger partial charge is 0.306 e. The van der Waals surface area contributed by atoms with E-state index in [2.05, 4.69) is 130 Å². The summed E-state index contributed by atoms with van der Waals surface area (Å²) in [6.45, 7) is 6.37. The molecule has 0 fully saturated rings. The predicted octanol–water partition coefficient (Wildman–Crippen LogP) is 19.1. The average molecular weight is 958 g/mol. The number of unbranched alkanes of at least 4 members (excludes halogenated alkanes) is 21. The number of rotatable bonds is 50. The molecule has 1 unspecified atom stereocenters. The summed E-state index contributed by atoms with van der Waals surface area (Å²) in [4.78, 5) is 38.2. The molecule has 0 saturated heterocycles. The molecule has 0 saturated carbocycles. The summed E-state index contributed by atoms with van der Waals surface area (Å²) in [5.74, 6) is -0.949. The van der Waals surface area contributed by atoms with E-state index in [1.165, 1.54) is 83.5 Å². The summed E-state index contributed by atoms with van der Waals surface area (Å²) in [5.41, 5.74) is 0. The first-order valence-corrected chi connectivity index (χ1v) is 28.4. The van der Waals surface area contributed by atoms with Crippen LogP contribution in [0.5, 0.6) is 0 Å². The standard InChI is InChI=1S/C63H104O6/c1-4-7-10-13-16-19-22-25-28-30-31-33-35-38-41-44-47-50-53-56-62(65)68-59-60(58-67-61(64)55-52-49-46-43-40-37-34-27-24-21-18-15-12-9-6-3)69-63(66)57-54-51-48-45-42-39-36-32-29-26-23-20-17-14-11-8-5-2/h7-8,10-11,16-17,19-20,25-29,31,33-34,38,41,60H,4-6,9,12-15,18,21-24,30,32,35-37,39-40,42-59H2,1-3H3/b10-7-,11-8-,19-16-,20-17-,28-25-,29-26-,33-31-,34-27-,41-38-. The molecule has 0 rings (SSSR count). The first kappa shape index (κ1) is 65.1. The molecule has 6 nitrogen and oxygen atoms in total. The molecule has 0 bridgehead atoms. The van der Waals surface area contributed by atoms with E-state index in [0.717, 1.165) is 128 Å². The highest BCUT2D eigenvalue weighted by atomic mass is 16.6. The lowest BCUT2D eigenvalue weighted by Crippen LogP contribution is -2.30. The maximum absolute atomic E-state index is 12.9. The van der Waals surface area contributed by atoms with Gasteiger partial charge >= 0.3 is 17.9 Å². The van der Waals surface area contributed by atoms with Crippen LogP contribution < -0.4 is 0 Å². The monoisotopic (exact) mass is 957 g/mol. The van der Waals surface area contributed by atoms with Crippen molar-refractivity contribution in [3.8, 4) is 0 Å². The molecule has 0 amide bonds. The van der Waals surface area contributed by atoms with Crippen molar-refractivity contribution in [2.45, 2.75) is 258 Å². The lowest BCUT2D eigenvalue weighted by Gasteiger charge is -2.18. The van der Waals surface area contributed by atoms with E-state index in [4.69, 9.17) is 14.2 Å². The molecule has 0 aromatic rings. The van der Waals surface area contributed by atoms with Crippen molar-refractivity contribution in [3.05, 3.63) is 109 Å². The third-order valence-electron chi connectivity index (χ3n) is 11.7. The lowest BCUT2D eigenvalue weighted by atomic mass is 10.1. The van der Waals surface area contributed by atoms with E-state index >= 15 is 0 Å². The second kappa shape index (κ2) is 56.7. The summed E-state index contributed by atoms with van der Waals surface area (Å²) in [7, 11) is 0. The molecule has 0 radical (unpaired) electrons. The minimum atomic E-state index is -0.803. The first-order chi connectivity index (χ1) is 34.0. The van der Waals surface area contributed by atoms with E-state index in [9.17, 15) is 14.4 Å². The molecule has 0 aliphatic heterocycles. The number of esters is 3. The molecule has 0 aliphatic carbocycles. The van der Waals surface area contributed by atoms with Gasteiger partial charge < -0.3 is 14.2 Å².